The van der Waals surface area contributed by atoms with Gasteiger partial charge in [-0.15, -0.1) is 0 Å². The summed E-state index contributed by atoms with van der Waals surface area (Å²) in [5, 5.41) is 3.60. The van der Waals surface area contributed by atoms with Gasteiger partial charge in [0.25, 0.3) is 0 Å². The van der Waals surface area contributed by atoms with Crippen LogP contribution in [0.5, 0.6) is 5.75 Å². The third kappa shape index (κ3) is 4.22. The van der Waals surface area contributed by atoms with Gasteiger partial charge in [0, 0.05) is 18.6 Å². The molecule has 0 spiro atoms. The second-order valence-corrected chi connectivity index (χ2v) is 5.95. The normalized spacial score (nSPS) is 18.2. The van der Waals surface area contributed by atoms with Crippen LogP contribution < -0.4 is 10.1 Å². The fraction of sp³-hybridized carbons (Fsp3) is 0.647. The minimum atomic E-state index is 0.476. The van der Waals surface area contributed by atoms with Crippen molar-refractivity contribution >= 4 is 0 Å². The molecule has 3 heteroatoms. The molecule has 0 bridgehead atoms. The van der Waals surface area contributed by atoms with Gasteiger partial charge in [-0.1, -0.05) is 32.4 Å². The summed E-state index contributed by atoms with van der Waals surface area (Å²) in [6.45, 7) is 7.87. The predicted molar refractivity (Wildman–Crippen MR) is 84.3 cm³/mol. The van der Waals surface area contributed by atoms with Crippen molar-refractivity contribution < 1.29 is 4.74 Å². The molecule has 0 amide bonds. The minimum absolute atomic E-state index is 0.476. The molecule has 1 heterocycles. The van der Waals surface area contributed by atoms with E-state index >= 15 is 0 Å². The second-order valence-electron chi connectivity index (χ2n) is 5.95. The van der Waals surface area contributed by atoms with E-state index in [2.05, 4.69) is 48.3 Å². The fourth-order valence-electron chi connectivity index (χ4n) is 2.86. The van der Waals surface area contributed by atoms with Crippen LogP contribution in [0.15, 0.2) is 24.3 Å². The molecular formula is C17H28N2O. The van der Waals surface area contributed by atoms with E-state index in [1.165, 1.54) is 37.9 Å². The van der Waals surface area contributed by atoms with Gasteiger partial charge in [-0.3, -0.25) is 4.90 Å². The molecule has 1 unspecified atom stereocenters. The minimum Gasteiger partial charge on any atom is -0.497 e. The lowest BCUT2D eigenvalue weighted by Crippen LogP contribution is -2.40. The Bertz CT molecular complexity index is 382. The zero-order valence-electron chi connectivity index (χ0n) is 13.1. The van der Waals surface area contributed by atoms with Gasteiger partial charge >= 0.3 is 0 Å². The van der Waals surface area contributed by atoms with Crippen LogP contribution in [0.4, 0.5) is 0 Å². The average Bonchev–Trinajstić information content (AvgIpc) is 2.49. The van der Waals surface area contributed by atoms with Gasteiger partial charge < -0.3 is 10.1 Å². The third-order valence-corrected chi connectivity index (χ3v) is 4.05. The Kier molecular flexibility index (Phi) is 5.86. The van der Waals surface area contributed by atoms with Crippen molar-refractivity contribution in [2.45, 2.75) is 45.2 Å². The summed E-state index contributed by atoms with van der Waals surface area (Å²) < 4.78 is 5.26. The highest BCUT2D eigenvalue weighted by Gasteiger charge is 2.22. The first-order chi connectivity index (χ1) is 9.70. The molecule has 1 aliphatic rings. The van der Waals surface area contributed by atoms with E-state index in [0.29, 0.717) is 12.1 Å². The topological polar surface area (TPSA) is 24.5 Å². The van der Waals surface area contributed by atoms with Gasteiger partial charge in [0.15, 0.2) is 0 Å². The molecule has 20 heavy (non-hydrogen) atoms. The zero-order valence-corrected chi connectivity index (χ0v) is 13.1. The monoisotopic (exact) mass is 276 g/mol. The van der Waals surface area contributed by atoms with E-state index in [-0.39, 0.29) is 0 Å². The molecular weight excluding hydrogens is 248 g/mol. The first-order valence-corrected chi connectivity index (χ1v) is 7.82. The molecule has 1 saturated heterocycles. The molecule has 1 aromatic carbocycles. The molecule has 3 nitrogen and oxygen atoms in total. The van der Waals surface area contributed by atoms with Crippen molar-refractivity contribution in [1.82, 2.24) is 10.2 Å². The van der Waals surface area contributed by atoms with Crippen molar-refractivity contribution in [3.05, 3.63) is 29.8 Å². The Morgan fingerprint density at radius 3 is 2.30 bits per heavy atom. The van der Waals surface area contributed by atoms with Gasteiger partial charge in [-0.05, 0) is 43.6 Å². The number of nitrogens with one attached hydrogen (secondary N) is 1. The Morgan fingerprint density at radius 2 is 1.75 bits per heavy atom. The quantitative estimate of drug-likeness (QED) is 0.863. The summed E-state index contributed by atoms with van der Waals surface area (Å²) in [5.74, 6) is 0.933. The molecule has 0 saturated carbocycles. The summed E-state index contributed by atoms with van der Waals surface area (Å²) in [6, 6.07) is 9.56. The standard InChI is InChI=1S/C17H28N2O/c1-14(2)18-13-17(19-11-5-4-6-12-19)15-7-9-16(20-3)10-8-15/h7-10,14,17-18H,4-6,11-13H2,1-3H3. The van der Waals surface area contributed by atoms with Crippen molar-refractivity contribution in [2.75, 3.05) is 26.7 Å². The van der Waals surface area contributed by atoms with E-state index in [4.69, 9.17) is 4.74 Å². The van der Waals surface area contributed by atoms with Crippen molar-refractivity contribution in [1.29, 1.82) is 0 Å². The van der Waals surface area contributed by atoms with E-state index in [9.17, 15) is 0 Å². The predicted octanol–water partition coefficient (Wildman–Crippen LogP) is 3.22. The first kappa shape index (κ1) is 15.3. The number of methoxy groups -OCH3 is 1. The second kappa shape index (κ2) is 7.65. The average molecular weight is 276 g/mol. The number of nitrogens with zero attached hydrogens (tertiary/aromatic N) is 1. The summed E-state index contributed by atoms with van der Waals surface area (Å²) in [7, 11) is 1.72. The van der Waals surface area contributed by atoms with Crippen LogP contribution in [0.3, 0.4) is 0 Å². The van der Waals surface area contributed by atoms with Gasteiger partial charge in [0.05, 0.1) is 7.11 Å². The molecule has 2 rings (SSSR count). The number of hydrogen-bond acceptors (Lipinski definition) is 3. The fourth-order valence-corrected chi connectivity index (χ4v) is 2.86. The number of likely N-dealkylation sites (tertiary alicyclic amines) is 1. The van der Waals surface area contributed by atoms with Gasteiger partial charge in [-0.25, -0.2) is 0 Å². The highest BCUT2D eigenvalue weighted by molar-refractivity contribution is 5.29. The first-order valence-electron chi connectivity index (χ1n) is 7.82. The SMILES string of the molecule is COc1ccc(C(CNC(C)C)N2CCCCC2)cc1. The zero-order chi connectivity index (χ0) is 14.4. The number of benzene rings is 1. The molecule has 0 aliphatic carbocycles. The van der Waals surface area contributed by atoms with Crippen LogP contribution in [-0.2, 0) is 0 Å². The molecule has 1 fully saturated rings. The van der Waals surface area contributed by atoms with E-state index in [1.54, 1.807) is 7.11 Å². The highest BCUT2D eigenvalue weighted by Crippen LogP contribution is 2.25. The molecule has 1 N–H and O–H groups in total. The molecule has 1 aliphatic heterocycles. The Morgan fingerprint density at radius 1 is 1.10 bits per heavy atom. The summed E-state index contributed by atoms with van der Waals surface area (Å²) >= 11 is 0. The third-order valence-electron chi connectivity index (χ3n) is 4.05. The molecule has 0 aromatic heterocycles. The maximum absolute atomic E-state index is 5.26. The van der Waals surface area contributed by atoms with E-state index in [0.717, 1.165) is 12.3 Å². The Labute approximate surface area is 123 Å². The molecule has 0 radical (unpaired) electrons. The Hall–Kier alpha value is -1.06. The number of rotatable bonds is 6. The Balaban J connectivity index is 2.10. The number of hydrogen-bond donors (Lipinski definition) is 1. The van der Waals surface area contributed by atoms with Gasteiger partial charge in [-0.2, -0.15) is 0 Å². The largest absolute Gasteiger partial charge is 0.497 e. The van der Waals surface area contributed by atoms with E-state index in [1.807, 2.05) is 0 Å². The smallest absolute Gasteiger partial charge is 0.118 e. The van der Waals surface area contributed by atoms with Crippen LogP contribution in [0.1, 0.15) is 44.7 Å². The molecule has 112 valence electrons. The van der Waals surface area contributed by atoms with E-state index < -0.39 is 0 Å². The van der Waals surface area contributed by atoms with Gasteiger partial charge in [0.2, 0.25) is 0 Å². The maximum atomic E-state index is 5.26. The maximum Gasteiger partial charge on any atom is 0.118 e. The summed E-state index contributed by atoms with van der Waals surface area (Å²) in [4.78, 5) is 2.63. The van der Waals surface area contributed by atoms with Crippen molar-refractivity contribution in [3.8, 4) is 5.75 Å². The lowest BCUT2D eigenvalue weighted by atomic mass is 10.0. The van der Waals surface area contributed by atoms with Crippen LogP contribution in [0.25, 0.3) is 0 Å². The van der Waals surface area contributed by atoms with Crippen molar-refractivity contribution in [2.24, 2.45) is 0 Å². The number of ether oxygens (including phenoxy) is 1. The van der Waals surface area contributed by atoms with Gasteiger partial charge in [0.1, 0.15) is 5.75 Å². The summed E-state index contributed by atoms with van der Waals surface area (Å²) in [6.07, 6.45) is 4.03. The van der Waals surface area contributed by atoms with Crippen LogP contribution in [0.2, 0.25) is 0 Å². The molecule has 1 aromatic rings. The molecule has 1 atom stereocenters. The van der Waals surface area contributed by atoms with Crippen LogP contribution in [0, 0.1) is 0 Å². The highest BCUT2D eigenvalue weighted by atomic mass is 16.5. The summed E-state index contributed by atoms with van der Waals surface area (Å²) in [5.41, 5.74) is 1.39. The van der Waals surface area contributed by atoms with Crippen molar-refractivity contribution in [3.63, 3.8) is 0 Å². The van der Waals surface area contributed by atoms with Crippen LogP contribution >= 0.6 is 0 Å². The van der Waals surface area contributed by atoms with Crippen LogP contribution in [-0.4, -0.2) is 37.7 Å². The lowest BCUT2D eigenvalue weighted by Gasteiger charge is -2.35. The lowest BCUT2D eigenvalue weighted by molar-refractivity contribution is 0.158. The number of piperidine rings is 1.